The first-order chi connectivity index (χ1) is 11.6. The molecule has 0 fully saturated rings. The van der Waals surface area contributed by atoms with Crippen molar-refractivity contribution in [2.75, 3.05) is 5.32 Å². The standard InChI is InChI=1S/C17H14ClN3O2S/c18-10-4-3-5-11(8-10)20-15(22)12-9-19-17-21(16(12)23)13-6-1-2-7-14(13)24-17/h3-5,8-9H,1-2,6-7H2,(H,20,22). The van der Waals surface area contributed by atoms with Gasteiger partial charge in [0.2, 0.25) is 0 Å². The Morgan fingerprint density at radius 3 is 2.96 bits per heavy atom. The molecule has 122 valence electrons. The van der Waals surface area contributed by atoms with E-state index in [-0.39, 0.29) is 11.1 Å². The molecule has 0 spiro atoms. The van der Waals surface area contributed by atoms with Crippen molar-refractivity contribution >= 4 is 39.5 Å². The van der Waals surface area contributed by atoms with E-state index in [1.165, 1.54) is 11.1 Å². The Kier molecular flexibility index (Phi) is 3.86. The van der Waals surface area contributed by atoms with Crippen LogP contribution < -0.4 is 10.9 Å². The highest BCUT2D eigenvalue weighted by Gasteiger charge is 2.21. The van der Waals surface area contributed by atoms with Crippen molar-refractivity contribution in [3.8, 4) is 0 Å². The molecule has 1 aliphatic carbocycles. The Morgan fingerprint density at radius 2 is 2.12 bits per heavy atom. The number of carbonyl (C=O) groups excluding carboxylic acids is 1. The van der Waals surface area contributed by atoms with Crippen LogP contribution in [0.2, 0.25) is 5.02 Å². The summed E-state index contributed by atoms with van der Waals surface area (Å²) in [4.78, 5) is 31.5. The topological polar surface area (TPSA) is 63.5 Å². The minimum atomic E-state index is -0.472. The monoisotopic (exact) mass is 359 g/mol. The van der Waals surface area contributed by atoms with Crippen molar-refractivity contribution in [1.82, 2.24) is 9.38 Å². The summed E-state index contributed by atoms with van der Waals surface area (Å²) in [5.41, 5.74) is 1.29. The summed E-state index contributed by atoms with van der Waals surface area (Å²) in [6, 6.07) is 6.81. The lowest BCUT2D eigenvalue weighted by Gasteiger charge is -2.10. The summed E-state index contributed by atoms with van der Waals surface area (Å²) in [5, 5.41) is 3.22. The average molecular weight is 360 g/mol. The van der Waals surface area contributed by atoms with Gasteiger partial charge in [0, 0.05) is 27.5 Å². The molecule has 0 saturated carbocycles. The van der Waals surface area contributed by atoms with Crippen LogP contribution in [0.3, 0.4) is 0 Å². The maximum absolute atomic E-state index is 12.8. The molecule has 5 nitrogen and oxygen atoms in total. The predicted octanol–water partition coefficient (Wildman–Crippen LogP) is 3.54. The molecule has 1 aliphatic rings. The molecule has 1 aromatic carbocycles. The van der Waals surface area contributed by atoms with Gasteiger partial charge in [-0.25, -0.2) is 4.98 Å². The molecule has 0 bridgehead atoms. The Morgan fingerprint density at radius 1 is 1.29 bits per heavy atom. The van der Waals surface area contributed by atoms with Crippen LogP contribution in [0.25, 0.3) is 4.96 Å². The summed E-state index contributed by atoms with van der Waals surface area (Å²) in [7, 11) is 0. The van der Waals surface area contributed by atoms with E-state index in [1.807, 2.05) is 0 Å². The largest absolute Gasteiger partial charge is 0.322 e. The summed E-state index contributed by atoms with van der Waals surface area (Å²) in [6.07, 6.45) is 5.39. The van der Waals surface area contributed by atoms with Gasteiger partial charge in [-0.05, 0) is 43.9 Å². The maximum Gasteiger partial charge on any atom is 0.271 e. The highest BCUT2D eigenvalue weighted by atomic mass is 35.5. The van der Waals surface area contributed by atoms with Gasteiger partial charge >= 0.3 is 0 Å². The number of rotatable bonds is 2. The van der Waals surface area contributed by atoms with E-state index in [0.29, 0.717) is 15.7 Å². The van der Waals surface area contributed by atoms with Crippen molar-refractivity contribution in [3.63, 3.8) is 0 Å². The zero-order chi connectivity index (χ0) is 16.7. The third kappa shape index (κ3) is 2.61. The van der Waals surface area contributed by atoms with Crippen molar-refractivity contribution in [1.29, 1.82) is 0 Å². The van der Waals surface area contributed by atoms with Gasteiger partial charge in [-0.15, -0.1) is 11.3 Å². The number of carbonyl (C=O) groups is 1. The zero-order valence-corrected chi connectivity index (χ0v) is 14.3. The van der Waals surface area contributed by atoms with Gasteiger partial charge in [0.25, 0.3) is 11.5 Å². The number of nitrogens with zero attached hydrogens (tertiary/aromatic N) is 2. The van der Waals surface area contributed by atoms with Crippen LogP contribution in [0, 0.1) is 0 Å². The molecule has 0 saturated heterocycles. The van der Waals surface area contributed by atoms with Crippen LogP contribution in [0.15, 0.2) is 35.3 Å². The molecule has 4 rings (SSSR count). The number of aromatic nitrogens is 2. The number of hydrogen-bond acceptors (Lipinski definition) is 4. The molecule has 0 atom stereocenters. The molecule has 0 radical (unpaired) electrons. The fourth-order valence-corrected chi connectivity index (χ4v) is 4.35. The number of benzene rings is 1. The molecule has 1 N–H and O–H groups in total. The Bertz CT molecular complexity index is 1010. The number of aryl methyl sites for hydroxylation is 2. The van der Waals surface area contributed by atoms with Crippen LogP contribution in [0.4, 0.5) is 5.69 Å². The molecule has 3 aromatic rings. The molecule has 0 unspecified atom stereocenters. The van der Waals surface area contributed by atoms with Crippen LogP contribution in [-0.2, 0) is 12.8 Å². The van der Waals surface area contributed by atoms with Crippen LogP contribution in [-0.4, -0.2) is 15.3 Å². The molecule has 2 heterocycles. The van der Waals surface area contributed by atoms with Gasteiger partial charge in [-0.1, -0.05) is 17.7 Å². The number of halogens is 1. The van der Waals surface area contributed by atoms with Gasteiger partial charge in [0.05, 0.1) is 0 Å². The number of anilines is 1. The summed E-state index contributed by atoms with van der Waals surface area (Å²) < 4.78 is 1.60. The van der Waals surface area contributed by atoms with E-state index >= 15 is 0 Å². The fraction of sp³-hybridized carbons (Fsp3) is 0.235. The van der Waals surface area contributed by atoms with Crippen molar-refractivity contribution in [2.24, 2.45) is 0 Å². The van der Waals surface area contributed by atoms with E-state index in [1.54, 1.807) is 40.0 Å². The van der Waals surface area contributed by atoms with E-state index in [4.69, 9.17) is 11.6 Å². The smallest absolute Gasteiger partial charge is 0.271 e. The average Bonchev–Trinajstić information content (AvgIpc) is 2.94. The summed E-state index contributed by atoms with van der Waals surface area (Å²) in [6.45, 7) is 0. The maximum atomic E-state index is 12.8. The molecule has 7 heteroatoms. The molecule has 0 aliphatic heterocycles. The minimum Gasteiger partial charge on any atom is -0.322 e. The van der Waals surface area contributed by atoms with Gasteiger partial charge in [-0.2, -0.15) is 0 Å². The first-order valence-electron chi connectivity index (χ1n) is 7.73. The van der Waals surface area contributed by atoms with Gasteiger partial charge in [-0.3, -0.25) is 14.0 Å². The number of hydrogen-bond donors (Lipinski definition) is 1. The Hall–Kier alpha value is -2.18. The third-order valence-corrected chi connectivity index (χ3v) is 5.52. The zero-order valence-electron chi connectivity index (χ0n) is 12.7. The molecular weight excluding hydrogens is 346 g/mol. The molecular formula is C17H14ClN3O2S. The predicted molar refractivity (Wildman–Crippen MR) is 95.4 cm³/mol. The van der Waals surface area contributed by atoms with Gasteiger partial charge in [0.15, 0.2) is 4.96 Å². The minimum absolute atomic E-state index is 0.0404. The number of fused-ring (bicyclic) bond motifs is 3. The van der Waals surface area contributed by atoms with Crippen molar-refractivity contribution < 1.29 is 4.79 Å². The van der Waals surface area contributed by atoms with E-state index < -0.39 is 5.91 Å². The van der Waals surface area contributed by atoms with E-state index in [2.05, 4.69) is 10.3 Å². The SMILES string of the molecule is O=C(Nc1cccc(Cl)c1)c1cnc2sc3c(n2c1=O)CCCC3. The Labute approximate surface area is 146 Å². The van der Waals surface area contributed by atoms with Crippen LogP contribution >= 0.6 is 22.9 Å². The van der Waals surface area contributed by atoms with Crippen LogP contribution in [0.1, 0.15) is 33.8 Å². The highest BCUT2D eigenvalue weighted by molar-refractivity contribution is 7.17. The van der Waals surface area contributed by atoms with Crippen LogP contribution in [0.5, 0.6) is 0 Å². The summed E-state index contributed by atoms with van der Waals surface area (Å²) >= 11 is 7.46. The summed E-state index contributed by atoms with van der Waals surface area (Å²) in [5.74, 6) is -0.472. The number of thiazole rings is 1. The van der Waals surface area contributed by atoms with E-state index in [0.717, 1.165) is 31.4 Å². The molecule has 24 heavy (non-hydrogen) atoms. The first-order valence-corrected chi connectivity index (χ1v) is 8.92. The fourth-order valence-electron chi connectivity index (χ4n) is 2.99. The number of nitrogens with one attached hydrogen (secondary N) is 1. The second-order valence-electron chi connectivity index (χ2n) is 5.74. The molecule has 1 amide bonds. The van der Waals surface area contributed by atoms with E-state index in [9.17, 15) is 9.59 Å². The lowest BCUT2D eigenvalue weighted by molar-refractivity contribution is 0.102. The quantitative estimate of drug-likeness (QED) is 0.761. The lowest BCUT2D eigenvalue weighted by Crippen LogP contribution is -2.27. The second kappa shape index (κ2) is 6.03. The first kappa shape index (κ1) is 15.4. The van der Waals surface area contributed by atoms with Crippen molar-refractivity contribution in [3.05, 3.63) is 62.0 Å². The lowest BCUT2D eigenvalue weighted by atomic mass is 10.0. The molecule has 2 aromatic heterocycles. The second-order valence-corrected chi connectivity index (χ2v) is 7.24. The third-order valence-electron chi connectivity index (χ3n) is 4.13. The normalized spacial score (nSPS) is 13.7. The van der Waals surface area contributed by atoms with Gasteiger partial charge in [0.1, 0.15) is 5.56 Å². The highest BCUT2D eigenvalue weighted by Crippen LogP contribution is 2.28. The van der Waals surface area contributed by atoms with Crippen molar-refractivity contribution in [2.45, 2.75) is 25.7 Å². The Balaban J connectivity index is 1.75. The number of amides is 1. The van der Waals surface area contributed by atoms with Gasteiger partial charge < -0.3 is 5.32 Å².